The number of rotatable bonds is 3. The lowest BCUT2D eigenvalue weighted by Gasteiger charge is -2.00. The van der Waals surface area contributed by atoms with Crippen molar-refractivity contribution < 1.29 is 0 Å². The van der Waals surface area contributed by atoms with Crippen molar-refractivity contribution >= 4 is 0 Å². The fraction of sp³-hybridized carbons (Fsp3) is 0.231. The summed E-state index contributed by atoms with van der Waals surface area (Å²) < 4.78 is 0. The first kappa shape index (κ1) is 9.22. The first-order chi connectivity index (χ1) is 6.90. The predicted octanol–water partition coefficient (Wildman–Crippen LogP) is 2.57. The van der Waals surface area contributed by atoms with Crippen LogP contribution in [0.1, 0.15) is 16.7 Å². The molecule has 0 saturated carbocycles. The predicted molar refractivity (Wildman–Crippen MR) is 60.0 cm³/mol. The number of allylic oxidation sites excluding steroid dienone is 3. The fourth-order valence-corrected chi connectivity index (χ4v) is 1.78. The van der Waals surface area contributed by atoms with Gasteiger partial charge in [0.1, 0.15) is 0 Å². The third-order valence-electron chi connectivity index (χ3n) is 2.53. The van der Waals surface area contributed by atoms with Crippen LogP contribution in [0.3, 0.4) is 0 Å². The molecule has 0 radical (unpaired) electrons. The molecule has 0 bridgehead atoms. The zero-order valence-electron chi connectivity index (χ0n) is 8.29. The van der Waals surface area contributed by atoms with Crippen LogP contribution >= 0.6 is 0 Å². The molecule has 0 fully saturated rings. The highest BCUT2D eigenvalue weighted by molar-refractivity contribution is 5.35. The summed E-state index contributed by atoms with van der Waals surface area (Å²) in [5, 5.41) is 3.35. The van der Waals surface area contributed by atoms with Crippen molar-refractivity contribution in [1.82, 2.24) is 5.32 Å². The SMILES string of the molecule is C=CC=CCc1ccc2c(c1)CNC2. The van der Waals surface area contributed by atoms with Crippen molar-refractivity contribution in [2.45, 2.75) is 19.5 Å². The van der Waals surface area contributed by atoms with Gasteiger partial charge >= 0.3 is 0 Å². The van der Waals surface area contributed by atoms with E-state index in [4.69, 9.17) is 0 Å². The second-order valence-electron chi connectivity index (χ2n) is 3.57. The highest BCUT2D eigenvalue weighted by atomic mass is 14.9. The van der Waals surface area contributed by atoms with Gasteiger partial charge in [0.25, 0.3) is 0 Å². The number of nitrogens with one attached hydrogen (secondary N) is 1. The van der Waals surface area contributed by atoms with Gasteiger partial charge in [-0.1, -0.05) is 43.0 Å². The van der Waals surface area contributed by atoms with Gasteiger partial charge in [-0.3, -0.25) is 0 Å². The standard InChI is InChI=1S/C13H15N/c1-2-3-4-5-11-6-7-12-9-14-10-13(12)8-11/h2-4,6-8,14H,1,5,9-10H2. The van der Waals surface area contributed by atoms with E-state index in [2.05, 4.69) is 36.2 Å². The van der Waals surface area contributed by atoms with Gasteiger partial charge in [0.2, 0.25) is 0 Å². The number of benzene rings is 1. The molecule has 1 N–H and O–H groups in total. The Bertz CT molecular complexity index is 363. The minimum atomic E-state index is 0.999. The van der Waals surface area contributed by atoms with E-state index in [0.717, 1.165) is 19.5 Å². The van der Waals surface area contributed by atoms with Gasteiger partial charge < -0.3 is 5.32 Å². The molecule has 1 aromatic carbocycles. The third-order valence-corrected chi connectivity index (χ3v) is 2.53. The molecule has 0 atom stereocenters. The van der Waals surface area contributed by atoms with E-state index in [-0.39, 0.29) is 0 Å². The Morgan fingerprint density at radius 1 is 1.29 bits per heavy atom. The van der Waals surface area contributed by atoms with Gasteiger partial charge in [0.15, 0.2) is 0 Å². The summed E-state index contributed by atoms with van der Waals surface area (Å²) in [6.07, 6.45) is 6.94. The van der Waals surface area contributed by atoms with Gasteiger partial charge in [-0.05, 0) is 23.1 Å². The number of hydrogen-bond donors (Lipinski definition) is 1. The van der Waals surface area contributed by atoms with Crippen molar-refractivity contribution in [1.29, 1.82) is 0 Å². The Hall–Kier alpha value is -1.34. The normalized spacial score (nSPS) is 14.6. The Balaban J connectivity index is 2.12. The molecule has 0 amide bonds. The Morgan fingerprint density at radius 3 is 3.00 bits per heavy atom. The van der Waals surface area contributed by atoms with Crippen LogP contribution in [0.5, 0.6) is 0 Å². The average molecular weight is 185 g/mol. The summed E-state index contributed by atoms with van der Waals surface area (Å²) in [6.45, 7) is 5.70. The van der Waals surface area contributed by atoms with E-state index >= 15 is 0 Å². The Labute approximate surface area is 85.2 Å². The van der Waals surface area contributed by atoms with E-state index in [1.165, 1.54) is 16.7 Å². The molecule has 0 saturated heterocycles. The van der Waals surface area contributed by atoms with E-state index in [9.17, 15) is 0 Å². The van der Waals surface area contributed by atoms with Crippen LogP contribution in [0, 0.1) is 0 Å². The van der Waals surface area contributed by atoms with E-state index in [0.29, 0.717) is 0 Å². The third kappa shape index (κ3) is 1.94. The van der Waals surface area contributed by atoms with Crippen molar-refractivity contribution in [2.24, 2.45) is 0 Å². The molecular weight excluding hydrogens is 170 g/mol. The van der Waals surface area contributed by atoms with Gasteiger partial charge in [-0.25, -0.2) is 0 Å². The number of hydrogen-bond acceptors (Lipinski definition) is 1. The largest absolute Gasteiger partial charge is 0.309 e. The molecular formula is C13H15N. The maximum absolute atomic E-state index is 3.65. The molecule has 72 valence electrons. The van der Waals surface area contributed by atoms with Crippen molar-refractivity contribution in [3.63, 3.8) is 0 Å². The summed E-state index contributed by atoms with van der Waals surface area (Å²) in [5.74, 6) is 0. The fourth-order valence-electron chi connectivity index (χ4n) is 1.78. The molecule has 1 aliphatic rings. The summed E-state index contributed by atoms with van der Waals surface area (Å²) in [6, 6.07) is 6.73. The first-order valence-electron chi connectivity index (χ1n) is 4.99. The number of fused-ring (bicyclic) bond motifs is 1. The van der Waals surface area contributed by atoms with Crippen molar-refractivity contribution in [3.8, 4) is 0 Å². The highest BCUT2D eigenvalue weighted by Gasteiger charge is 2.08. The monoisotopic (exact) mass is 185 g/mol. The minimum Gasteiger partial charge on any atom is -0.309 e. The van der Waals surface area contributed by atoms with Gasteiger partial charge in [-0.15, -0.1) is 0 Å². The molecule has 0 spiro atoms. The molecule has 1 nitrogen and oxygen atoms in total. The van der Waals surface area contributed by atoms with Crippen LogP contribution in [-0.4, -0.2) is 0 Å². The van der Waals surface area contributed by atoms with Gasteiger partial charge in [0.05, 0.1) is 0 Å². The summed E-state index contributed by atoms with van der Waals surface area (Å²) in [4.78, 5) is 0. The van der Waals surface area contributed by atoms with Crippen LogP contribution < -0.4 is 5.32 Å². The molecule has 1 aromatic rings. The van der Waals surface area contributed by atoms with E-state index in [1.54, 1.807) is 0 Å². The topological polar surface area (TPSA) is 12.0 Å². The van der Waals surface area contributed by atoms with Crippen molar-refractivity contribution in [2.75, 3.05) is 0 Å². The molecule has 1 heteroatoms. The lowest BCUT2D eigenvalue weighted by molar-refractivity contribution is 0.764. The first-order valence-corrected chi connectivity index (χ1v) is 4.99. The Kier molecular flexibility index (Phi) is 2.80. The summed E-state index contributed by atoms with van der Waals surface area (Å²) >= 11 is 0. The van der Waals surface area contributed by atoms with Crippen LogP contribution in [0.25, 0.3) is 0 Å². The van der Waals surface area contributed by atoms with E-state index in [1.807, 2.05) is 12.2 Å². The molecule has 1 heterocycles. The van der Waals surface area contributed by atoms with Crippen molar-refractivity contribution in [3.05, 3.63) is 59.7 Å². The smallest absolute Gasteiger partial charge is 0.0212 e. The van der Waals surface area contributed by atoms with Gasteiger partial charge in [-0.2, -0.15) is 0 Å². The Morgan fingerprint density at radius 2 is 2.14 bits per heavy atom. The molecule has 2 rings (SSSR count). The minimum absolute atomic E-state index is 0.999. The molecule has 1 aliphatic heterocycles. The second-order valence-corrected chi connectivity index (χ2v) is 3.57. The quantitative estimate of drug-likeness (QED) is 0.714. The van der Waals surface area contributed by atoms with Crippen LogP contribution in [0.15, 0.2) is 43.0 Å². The maximum atomic E-state index is 3.65. The molecule has 0 unspecified atom stereocenters. The lowest BCUT2D eigenvalue weighted by atomic mass is 10.0. The zero-order valence-corrected chi connectivity index (χ0v) is 8.29. The summed E-state index contributed by atoms with van der Waals surface area (Å²) in [7, 11) is 0. The maximum Gasteiger partial charge on any atom is 0.0212 e. The second kappa shape index (κ2) is 4.25. The lowest BCUT2D eigenvalue weighted by Crippen LogP contribution is -1.99. The molecule has 0 aromatic heterocycles. The summed E-state index contributed by atoms with van der Waals surface area (Å²) in [5.41, 5.74) is 4.28. The highest BCUT2D eigenvalue weighted by Crippen LogP contribution is 2.17. The van der Waals surface area contributed by atoms with Crippen LogP contribution in [0.2, 0.25) is 0 Å². The van der Waals surface area contributed by atoms with Crippen LogP contribution in [-0.2, 0) is 19.5 Å². The van der Waals surface area contributed by atoms with E-state index < -0.39 is 0 Å². The molecule has 0 aliphatic carbocycles. The average Bonchev–Trinajstić information content (AvgIpc) is 2.65. The van der Waals surface area contributed by atoms with Gasteiger partial charge in [0, 0.05) is 13.1 Å². The zero-order chi connectivity index (χ0) is 9.80. The molecule has 14 heavy (non-hydrogen) atoms. The van der Waals surface area contributed by atoms with Crippen LogP contribution in [0.4, 0.5) is 0 Å².